The van der Waals surface area contributed by atoms with Crippen LogP contribution in [-0.4, -0.2) is 43.2 Å². The summed E-state index contributed by atoms with van der Waals surface area (Å²) >= 11 is 0. The van der Waals surface area contributed by atoms with Crippen molar-refractivity contribution in [3.63, 3.8) is 0 Å². The standard InChI is InChI=1S/C11H14FNO3/c1-13(6-7-14)11(15)8-4-3-5-9(16-2)10(8)12/h3-5,14H,6-7H2,1-2H3. The SMILES string of the molecule is COc1cccc(C(=O)N(C)CCO)c1F. The molecule has 1 N–H and O–H groups in total. The van der Waals surface area contributed by atoms with E-state index >= 15 is 0 Å². The fourth-order valence-electron chi connectivity index (χ4n) is 1.29. The van der Waals surface area contributed by atoms with Gasteiger partial charge in [-0.15, -0.1) is 0 Å². The largest absolute Gasteiger partial charge is 0.494 e. The van der Waals surface area contributed by atoms with Crippen LogP contribution in [0.5, 0.6) is 5.75 Å². The number of hydrogen-bond donors (Lipinski definition) is 1. The summed E-state index contributed by atoms with van der Waals surface area (Å²) in [5, 5.41) is 8.69. The molecule has 0 aromatic heterocycles. The summed E-state index contributed by atoms with van der Waals surface area (Å²) in [7, 11) is 2.83. The highest BCUT2D eigenvalue weighted by atomic mass is 19.1. The van der Waals surface area contributed by atoms with Crippen LogP contribution in [0.4, 0.5) is 4.39 Å². The molecule has 0 aliphatic heterocycles. The quantitative estimate of drug-likeness (QED) is 0.831. The third-order valence-electron chi connectivity index (χ3n) is 2.20. The molecular weight excluding hydrogens is 213 g/mol. The molecule has 0 unspecified atom stereocenters. The third-order valence-corrected chi connectivity index (χ3v) is 2.20. The first-order valence-electron chi connectivity index (χ1n) is 4.80. The second-order valence-electron chi connectivity index (χ2n) is 3.27. The van der Waals surface area contributed by atoms with E-state index in [1.165, 1.54) is 31.2 Å². The van der Waals surface area contributed by atoms with Crippen LogP contribution in [0.2, 0.25) is 0 Å². The van der Waals surface area contributed by atoms with Crippen LogP contribution in [0.15, 0.2) is 18.2 Å². The van der Waals surface area contributed by atoms with Crippen LogP contribution in [0.25, 0.3) is 0 Å². The number of ether oxygens (including phenoxy) is 1. The number of amides is 1. The highest BCUT2D eigenvalue weighted by molar-refractivity contribution is 5.94. The zero-order chi connectivity index (χ0) is 12.1. The van der Waals surface area contributed by atoms with E-state index in [0.717, 1.165) is 0 Å². The minimum atomic E-state index is -0.681. The molecule has 5 heteroatoms. The number of likely N-dealkylation sites (N-methyl/N-ethyl adjacent to an activating group) is 1. The van der Waals surface area contributed by atoms with Crippen molar-refractivity contribution in [3.8, 4) is 5.75 Å². The van der Waals surface area contributed by atoms with Crippen molar-refractivity contribution in [2.75, 3.05) is 27.3 Å². The monoisotopic (exact) mass is 227 g/mol. The molecule has 4 nitrogen and oxygen atoms in total. The molecule has 1 aromatic carbocycles. The zero-order valence-electron chi connectivity index (χ0n) is 9.24. The van der Waals surface area contributed by atoms with E-state index < -0.39 is 11.7 Å². The molecule has 0 radical (unpaired) electrons. The number of carbonyl (C=O) groups is 1. The molecule has 1 aromatic rings. The molecule has 1 rings (SSSR count). The highest BCUT2D eigenvalue weighted by Crippen LogP contribution is 2.20. The molecule has 0 spiro atoms. The second kappa shape index (κ2) is 5.46. The van der Waals surface area contributed by atoms with Crippen molar-refractivity contribution in [1.82, 2.24) is 4.90 Å². The van der Waals surface area contributed by atoms with E-state index in [-0.39, 0.29) is 24.5 Å². The summed E-state index contributed by atoms with van der Waals surface area (Å²) in [6.45, 7) is 0.00328. The number of aliphatic hydroxyl groups excluding tert-OH is 1. The Labute approximate surface area is 93.3 Å². The van der Waals surface area contributed by atoms with Crippen LogP contribution >= 0.6 is 0 Å². The number of nitrogens with zero attached hydrogens (tertiary/aromatic N) is 1. The first-order valence-corrected chi connectivity index (χ1v) is 4.80. The first-order chi connectivity index (χ1) is 7.61. The number of halogens is 1. The lowest BCUT2D eigenvalue weighted by atomic mass is 10.1. The summed E-state index contributed by atoms with van der Waals surface area (Å²) in [5.74, 6) is -1.13. The van der Waals surface area contributed by atoms with Crippen molar-refractivity contribution in [3.05, 3.63) is 29.6 Å². The van der Waals surface area contributed by atoms with Crippen LogP contribution in [0.1, 0.15) is 10.4 Å². The molecule has 16 heavy (non-hydrogen) atoms. The van der Waals surface area contributed by atoms with Crippen molar-refractivity contribution in [2.45, 2.75) is 0 Å². The van der Waals surface area contributed by atoms with Crippen LogP contribution < -0.4 is 4.74 Å². The summed E-state index contributed by atoms with van der Waals surface area (Å²) in [5.41, 5.74) is -0.0599. The fraction of sp³-hybridized carbons (Fsp3) is 0.364. The van der Waals surface area contributed by atoms with Crippen molar-refractivity contribution in [2.24, 2.45) is 0 Å². The van der Waals surface area contributed by atoms with Crippen LogP contribution in [0, 0.1) is 5.82 Å². The minimum Gasteiger partial charge on any atom is -0.494 e. The van der Waals surface area contributed by atoms with Gasteiger partial charge in [-0.1, -0.05) is 6.07 Å². The molecule has 0 atom stereocenters. The van der Waals surface area contributed by atoms with Gasteiger partial charge in [0.25, 0.3) is 5.91 Å². The lowest BCUT2D eigenvalue weighted by Gasteiger charge is -2.16. The van der Waals surface area contributed by atoms with Gasteiger partial charge in [-0.25, -0.2) is 4.39 Å². The first kappa shape index (κ1) is 12.4. The summed E-state index contributed by atoms with van der Waals surface area (Å²) in [6.07, 6.45) is 0. The Morgan fingerprint density at radius 3 is 2.81 bits per heavy atom. The average molecular weight is 227 g/mol. The molecule has 0 saturated carbocycles. The van der Waals surface area contributed by atoms with Gasteiger partial charge < -0.3 is 14.7 Å². The zero-order valence-corrected chi connectivity index (χ0v) is 9.24. The Balaban J connectivity index is 2.99. The number of rotatable bonds is 4. The van der Waals surface area contributed by atoms with E-state index in [4.69, 9.17) is 9.84 Å². The summed E-state index contributed by atoms with van der Waals surface area (Å²) in [4.78, 5) is 13.0. The number of carbonyl (C=O) groups excluding carboxylic acids is 1. The Morgan fingerprint density at radius 1 is 1.56 bits per heavy atom. The highest BCUT2D eigenvalue weighted by Gasteiger charge is 2.18. The molecular formula is C11H14FNO3. The van der Waals surface area contributed by atoms with Crippen LogP contribution in [-0.2, 0) is 0 Å². The molecule has 0 saturated heterocycles. The smallest absolute Gasteiger partial charge is 0.256 e. The topological polar surface area (TPSA) is 49.8 Å². The van der Waals surface area contributed by atoms with E-state index in [0.29, 0.717) is 0 Å². The summed E-state index contributed by atoms with van der Waals surface area (Å²) < 4.78 is 18.5. The van der Waals surface area contributed by atoms with E-state index in [1.807, 2.05) is 0 Å². The lowest BCUT2D eigenvalue weighted by Crippen LogP contribution is -2.30. The van der Waals surface area contributed by atoms with Gasteiger partial charge in [0, 0.05) is 13.6 Å². The van der Waals surface area contributed by atoms with Gasteiger partial charge in [0.2, 0.25) is 0 Å². The third kappa shape index (κ3) is 2.49. The number of benzene rings is 1. The fourth-order valence-corrected chi connectivity index (χ4v) is 1.29. The maximum atomic E-state index is 13.7. The van der Waals surface area contributed by atoms with Crippen molar-refractivity contribution >= 4 is 5.91 Å². The molecule has 0 bridgehead atoms. The molecule has 88 valence electrons. The number of methoxy groups -OCH3 is 1. The van der Waals surface area contributed by atoms with Crippen molar-refractivity contribution < 1.29 is 19.0 Å². The molecule has 0 heterocycles. The Hall–Kier alpha value is -1.62. The maximum absolute atomic E-state index is 13.7. The van der Waals surface area contributed by atoms with Gasteiger partial charge in [0.15, 0.2) is 11.6 Å². The second-order valence-corrected chi connectivity index (χ2v) is 3.27. The Kier molecular flexibility index (Phi) is 4.25. The van der Waals surface area contributed by atoms with E-state index in [2.05, 4.69) is 0 Å². The Bertz CT molecular complexity index is 381. The van der Waals surface area contributed by atoms with Gasteiger partial charge in [-0.3, -0.25) is 4.79 Å². The van der Waals surface area contributed by atoms with Gasteiger partial charge in [0.1, 0.15) is 0 Å². The number of aliphatic hydroxyl groups is 1. The van der Waals surface area contributed by atoms with Gasteiger partial charge in [0.05, 0.1) is 19.3 Å². The molecule has 0 aliphatic carbocycles. The van der Waals surface area contributed by atoms with Gasteiger partial charge >= 0.3 is 0 Å². The minimum absolute atomic E-state index is 0.0308. The normalized spacial score (nSPS) is 10.0. The lowest BCUT2D eigenvalue weighted by molar-refractivity contribution is 0.0761. The molecule has 0 fully saturated rings. The predicted octanol–water partition coefficient (Wildman–Crippen LogP) is 0.899. The molecule has 1 amide bonds. The average Bonchev–Trinajstić information content (AvgIpc) is 2.29. The molecule has 0 aliphatic rings. The Morgan fingerprint density at radius 2 is 2.25 bits per heavy atom. The predicted molar refractivity (Wildman–Crippen MR) is 57.0 cm³/mol. The van der Waals surface area contributed by atoms with Gasteiger partial charge in [-0.05, 0) is 12.1 Å². The van der Waals surface area contributed by atoms with E-state index in [1.54, 1.807) is 6.07 Å². The van der Waals surface area contributed by atoms with Gasteiger partial charge in [-0.2, -0.15) is 0 Å². The van der Waals surface area contributed by atoms with Crippen LogP contribution in [0.3, 0.4) is 0 Å². The maximum Gasteiger partial charge on any atom is 0.256 e. The van der Waals surface area contributed by atoms with Crippen molar-refractivity contribution in [1.29, 1.82) is 0 Å². The number of hydrogen-bond acceptors (Lipinski definition) is 3. The van der Waals surface area contributed by atoms with E-state index in [9.17, 15) is 9.18 Å². The summed E-state index contributed by atoms with van der Waals surface area (Å²) in [6, 6.07) is 4.37.